The summed E-state index contributed by atoms with van der Waals surface area (Å²) in [5.74, 6) is 0. The minimum Gasteiger partial charge on any atom is -0.381 e. The zero-order valence-corrected chi connectivity index (χ0v) is 13.6. The van der Waals surface area contributed by atoms with Crippen molar-refractivity contribution in [3.05, 3.63) is 33.4 Å². The highest BCUT2D eigenvalue weighted by atomic mass is 127. The van der Waals surface area contributed by atoms with Crippen molar-refractivity contribution in [2.45, 2.75) is 39.2 Å². The van der Waals surface area contributed by atoms with Crippen molar-refractivity contribution >= 4 is 22.6 Å². The summed E-state index contributed by atoms with van der Waals surface area (Å²) in [6, 6.07) is 9.11. The van der Waals surface area contributed by atoms with E-state index in [1.54, 1.807) is 0 Å². The predicted octanol–water partition coefficient (Wildman–Crippen LogP) is 4.15. The molecule has 0 amide bonds. The van der Waals surface area contributed by atoms with Gasteiger partial charge in [0.25, 0.3) is 0 Å². The Kier molecular flexibility index (Phi) is 8.63. The number of unbranched alkanes of at least 4 members (excludes halogenated alkanes) is 1. The maximum atomic E-state index is 5.54. The highest BCUT2D eigenvalue weighted by Crippen LogP contribution is 2.14. The Morgan fingerprint density at radius 1 is 1.17 bits per heavy atom. The van der Waals surface area contributed by atoms with Gasteiger partial charge in [-0.25, -0.2) is 0 Å². The Labute approximate surface area is 125 Å². The van der Waals surface area contributed by atoms with E-state index in [2.05, 4.69) is 66.0 Å². The van der Waals surface area contributed by atoms with Crippen molar-refractivity contribution in [3.63, 3.8) is 0 Å². The fourth-order valence-electron chi connectivity index (χ4n) is 1.71. The number of halogens is 1. The van der Waals surface area contributed by atoms with E-state index in [1.165, 1.54) is 22.0 Å². The number of benzene rings is 1. The number of hydrogen-bond acceptors (Lipinski definition) is 2. The van der Waals surface area contributed by atoms with Gasteiger partial charge in [-0.15, -0.1) is 0 Å². The first-order valence-corrected chi connectivity index (χ1v) is 7.88. The quantitative estimate of drug-likeness (QED) is 0.527. The van der Waals surface area contributed by atoms with E-state index in [-0.39, 0.29) is 0 Å². The van der Waals surface area contributed by atoms with Gasteiger partial charge in [0, 0.05) is 22.8 Å². The Balaban J connectivity index is 2.10. The van der Waals surface area contributed by atoms with Crippen LogP contribution in [0.3, 0.4) is 0 Å². The lowest BCUT2D eigenvalue weighted by atomic mass is 10.1. The molecule has 0 radical (unpaired) electrons. The number of ether oxygens (including phenoxy) is 1. The predicted molar refractivity (Wildman–Crippen MR) is 85.9 cm³/mol. The second-order valence-corrected chi connectivity index (χ2v) is 5.79. The minimum absolute atomic E-state index is 0.414. The van der Waals surface area contributed by atoms with Crippen LogP contribution in [0.25, 0.3) is 0 Å². The van der Waals surface area contributed by atoms with Crippen molar-refractivity contribution in [2.24, 2.45) is 0 Å². The van der Waals surface area contributed by atoms with Gasteiger partial charge in [-0.2, -0.15) is 0 Å². The van der Waals surface area contributed by atoms with Crippen molar-refractivity contribution in [1.82, 2.24) is 5.32 Å². The molecule has 0 heterocycles. The van der Waals surface area contributed by atoms with Crippen LogP contribution >= 0.6 is 22.6 Å². The van der Waals surface area contributed by atoms with Gasteiger partial charge in [-0.05, 0) is 66.6 Å². The van der Waals surface area contributed by atoms with Crippen molar-refractivity contribution in [2.75, 3.05) is 19.8 Å². The van der Waals surface area contributed by atoms with E-state index in [0.717, 1.165) is 26.2 Å². The highest BCUT2D eigenvalue weighted by Gasteiger charge is 2.03. The third-order valence-electron chi connectivity index (χ3n) is 2.93. The van der Waals surface area contributed by atoms with Crippen molar-refractivity contribution in [1.29, 1.82) is 0 Å². The summed E-state index contributed by atoms with van der Waals surface area (Å²) < 4.78 is 6.82. The van der Waals surface area contributed by atoms with Crippen LogP contribution in [0.15, 0.2) is 24.3 Å². The summed E-state index contributed by atoms with van der Waals surface area (Å²) in [7, 11) is 0. The zero-order valence-electron chi connectivity index (χ0n) is 11.4. The second-order valence-electron chi connectivity index (χ2n) is 4.55. The molecule has 0 saturated carbocycles. The molecule has 1 rings (SSSR count). The van der Waals surface area contributed by atoms with E-state index in [9.17, 15) is 0 Å². The van der Waals surface area contributed by atoms with Crippen LogP contribution < -0.4 is 5.32 Å². The molecule has 0 saturated heterocycles. The fourth-order valence-corrected chi connectivity index (χ4v) is 2.07. The number of rotatable bonds is 9. The van der Waals surface area contributed by atoms with Crippen LogP contribution in [0.1, 0.15) is 44.7 Å². The Morgan fingerprint density at radius 3 is 2.50 bits per heavy atom. The van der Waals surface area contributed by atoms with E-state index >= 15 is 0 Å². The van der Waals surface area contributed by atoms with Gasteiger partial charge in [0.1, 0.15) is 0 Å². The molecule has 2 nitrogen and oxygen atoms in total. The van der Waals surface area contributed by atoms with Gasteiger partial charge >= 0.3 is 0 Å². The molecule has 1 atom stereocenters. The molecule has 0 aromatic heterocycles. The SMILES string of the molecule is CCCCOCCCNC(C)c1ccc(I)cc1. The average Bonchev–Trinajstić information content (AvgIpc) is 2.38. The van der Waals surface area contributed by atoms with Crippen LogP contribution in [0.5, 0.6) is 0 Å². The smallest absolute Gasteiger partial charge is 0.0478 e. The molecule has 3 heteroatoms. The summed E-state index contributed by atoms with van der Waals surface area (Å²) in [6.07, 6.45) is 3.47. The largest absolute Gasteiger partial charge is 0.381 e. The minimum atomic E-state index is 0.414. The van der Waals surface area contributed by atoms with Gasteiger partial charge in [0.15, 0.2) is 0 Å². The molecular weight excluding hydrogens is 337 g/mol. The van der Waals surface area contributed by atoms with Crippen LogP contribution in [0.4, 0.5) is 0 Å². The van der Waals surface area contributed by atoms with E-state index < -0.39 is 0 Å². The summed E-state index contributed by atoms with van der Waals surface area (Å²) in [4.78, 5) is 0. The molecule has 1 N–H and O–H groups in total. The molecule has 0 aliphatic carbocycles. The normalized spacial score (nSPS) is 12.6. The first kappa shape index (κ1) is 15.9. The third kappa shape index (κ3) is 6.71. The molecule has 0 aliphatic rings. The van der Waals surface area contributed by atoms with Gasteiger partial charge in [0.05, 0.1) is 0 Å². The van der Waals surface area contributed by atoms with Crippen LogP contribution in [0, 0.1) is 3.57 Å². The third-order valence-corrected chi connectivity index (χ3v) is 3.65. The Hall–Kier alpha value is -0.130. The van der Waals surface area contributed by atoms with Crippen LogP contribution in [-0.4, -0.2) is 19.8 Å². The van der Waals surface area contributed by atoms with Crippen LogP contribution in [0.2, 0.25) is 0 Å². The summed E-state index contributed by atoms with van der Waals surface area (Å²) in [5.41, 5.74) is 1.35. The second kappa shape index (κ2) is 9.75. The molecule has 1 aromatic carbocycles. The zero-order chi connectivity index (χ0) is 13.2. The molecule has 0 spiro atoms. The lowest BCUT2D eigenvalue weighted by molar-refractivity contribution is 0.128. The Bertz CT molecular complexity index is 313. The molecule has 1 aromatic rings. The standard InChI is InChI=1S/C15H24INO/c1-3-4-11-18-12-5-10-17-13(2)14-6-8-15(16)9-7-14/h6-9,13,17H,3-5,10-12H2,1-2H3. The van der Waals surface area contributed by atoms with E-state index in [1.807, 2.05) is 0 Å². The fraction of sp³-hybridized carbons (Fsp3) is 0.600. The molecule has 18 heavy (non-hydrogen) atoms. The number of nitrogens with one attached hydrogen (secondary N) is 1. The van der Waals surface area contributed by atoms with E-state index in [4.69, 9.17) is 4.74 Å². The number of hydrogen-bond donors (Lipinski definition) is 1. The molecule has 102 valence electrons. The lowest BCUT2D eigenvalue weighted by Crippen LogP contribution is -2.21. The first-order chi connectivity index (χ1) is 8.74. The van der Waals surface area contributed by atoms with Gasteiger partial charge in [0.2, 0.25) is 0 Å². The van der Waals surface area contributed by atoms with Gasteiger partial charge < -0.3 is 10.1 Å². The molecular formula is C15H24INO. The maximum absolute atomic E-state index is 5.54. The van der Waals surface area contributed by atoms with Crippen LogP contribution in [-0.2, 0) is 4.74 Å². The summed E-state index contributed by atoms with van der Waals surface area (Å²) in [5, 5.41) is 3.53. The molecule has 0 fully saturated rings. The molecule has 0 bridgehead atoms. The van der Waals surface area contributed by atoms with Crippen molar-refractivity contribution < 1.29 is 4.74 Å². The first-order valence-electron chi connectivity index (χ1n) is 6.80. The highest BCUT2D eigenvalue weighted by molar-refractivity contribution is 14.1. The summed E-state index contributed by atoms with van der Waals surface area (Å²) in [6.45, 7) is 7.18. The molecule has 1 unspecified atom stereocenters. The monoisotopic (exact) mass is 361 g/mol. The average molecular weight is 361 g/mol. The van der Waals surface area contributed by atoms with E-state index in [0.29, 0.717) is 6.04 Å². The lowest BCUT2D eigenvalue weighted by Gasteiger charge is -2.14. The topological polar surface area (TPSA) is 21.3 Å². The van der Waals surface area contributed by atoms with Gasteiger partial charge in [-0.1, -0.05) is 25.5 Å². The van der Waals surface area contributed by atoms with Crippen molar-refractivity contribution in [3.8, 4) is 0 Å². The van der Waals surface area contributed by atoms with Gasteiger partial charge in [-0.3, -0.25) is 0 Å². The summed E-state index contributed by atoms with van der Waals surface area (Å²) >= 11 is 2.33. The molecule has 0 aliphatic heterocycles. The maximum Gasteiger partial charge on any atom is 0.0478 e. The Morgan fingerprint density at radius 2 is 1.83 bits per heavy atom.